The van der Waals surface area contributed by atoms with Gasteiger partial charge in [-0.2, -0.15) is 0 Å². The monoisotopic (exact) mass is 520 g/mol. The molecule has 208 valence electrons. The SMILES string of the molecule is CC(C)(O)CC[C@@H](O)[C@](C)(O)[C@H]1CC[C@@]2(O)C3=CC(=O)[C@@H]4C[C@H]5OC(=O)C[C@@]5(O)C[C@]4(C)C3CC[C@]12C. The summed E-state index contributed by atoms with van der Waals surface area (Å²) in [5.74, 6) is -1.48. The average molecular weight is 521 g/mol. The molecule has 1 aliphatic heterocycles. The Balaban J connectivity index is 1.47. The Morgan fingerprint density at radius 1 is 1.08 bits per heavy atom. The molecule has 5 N–H and O–H groups in total. The van der Waals surface area contributed by atoms with Gasteiger partial charge in [0.05, 0.1) is 29.3 Å². The topological polar surface area (TPSA) is 145 Å². The maximum Gasteiger partial charge on any atom is 0.309 e. The van der Waals surface area contributed by atoms with Gasteiger partial charge in [0, 0.05) is 11.3 Å². The highest BCUT2D eigenvalue weighted by Crippen LogP contribution is 2.69. The highest BCUT2D eigenvalue weighted by Gasteiger charge is 2.70. The van der Waals surface area contributed by atoms with Crippen molar-refractivity contribution in [2.45, 2.75) is 127 Å². The first-order valence-electron chi connectivity index (χ1n) is 13.9. The van der Waals surface area contributed by atoms with E-state index in [4.69, 9.17) is 4.74 Å². The number of esters is 1. The second-order valence-corrected chi connectivity index (χ2v) is 14.3. The third-order valence-electron chi connectivity index (χ3n) is 11.4. The van der Waals surface area contributed by atoms with Crippen molar-refractivity contribution < 1.29 is 39.9 Å². The molecule has 37 heavy (non-hydrogen) atoms. The summed E-state index contributed by atoms with van der Waals surface area (Å²) in [6, 6.07) is 0. The van der Waals surface area contributed by atoms with Crippen LogP contribution in [0.3, 0.4) is 0 Å². The Labute approximate surface area is 219 Å². The largest absolute Gasteiger partial charge is 0.459 e. The zero-order chi connectivity index (χ0) is 27.4. The van der Waals surface area contributed by atoms with E-state index in [2.05, 4.69) is 0 Å². The molecule has 5 aliphatic rings. The van der Waals surface area contributed by atoms with E-state index in [0.717, 1.165) is 0 Å². The van der Waals surface area contributed by atoms with Crippen LogP contribution < -0.4 is 0 Å². The lowest BCUT2D eigenvalue weighted by molar-refractivity contribution is -0.184. The Kier molecular flexibility index (Phi) is 5.97. The van der Waals surface area contributed by atoms with Crippen molar-refractivity contribution >= 4 is 11.8 Å². The zero-order valence-corrected chi connectivity index (χ0v) is 22.8. The Morgan fingerprint density at radius 2 is 1.76 bits per heavy atom. The summed E-state index contributed by atoms with van der Waals surface area (Å²) in [5.41, 5.74) is -5.79. The summed E-state index contributed by atoms with van der Waals surface area (Å²) >= 11 is 0. The normalized spacial score (nSPS) is 47.7. The van der Waals surface area contributed by atoms with Gasteiger partial charge in [-0.15, -0.1) is 0 Å². The quantitative estimate of drug-likeness (QED) is 0.347. The summed E-state index contributed by atoms with van der Waals surface area (Å²) in [6.45, 7) is 8.94. The molecule has 1 heterocycles. The fourth-order valence-electron chi connectivity index (χ4n) is 9.29. The van der Waals surface area contributed by atoms with Crippen molar-refractivity contribution in [3.8, 4) is 0 Å². The van der Waals surface area contributed by atoms with Gasteiger partial charge < -0.3 is 30.3 Å². The van der Waals surface area contributed by atoms with Crippen LogP contribution in [-0.4, -0.2) is 71.9 Å². The average Bonchev–Trinajstić information content (AvgIpc) is 3.21. The molecule has 0 aromatic rings. The van der Waals surface area contributed by atoms with Crippen molar-refractivity contribution in [3.63, 3.8) is 0 Å². The van der Waals surface area contributed by atoms with Crippen molar-refractivity contribution in [1.82, 2.24) is 0 Å². The number of hydrogen-bond donors (Lipinski definition) is 5. The minimum absolute atomic E-state index is 0.0740. The van der Waals surface area contributed by atoms with Gasteiger partial charge in [0.2, 0.25) is 0 Å². The second-order valence-electron chi connectivity index (χ2n) is 14.3. The fraction of sp³-hybridized carbons (Fsp3) is 0.862. The van der Waals surface area contributed by atoms with Gasteiger partial charge in [-0.25, -0.2) is 0 Å². The summed E-state index contributed by atoms with van der Waals surface area (Å²) in [5, 5.41) is 56.5. The molecule has 1 saturated heterocycles. The van der Waals surface area contributed by atoms with Crippen molar-refractivity contribution in [1.29, 1.82) is 0 Å². The molecule has 1 unspecified atom stereocenters. The number of ketones is 1. The maximum absolute atomic E-state index is 13.5. The molecular formula is C29H44O8. The predicted octanol–water partition coefficient (Wildman–Crippen LogP) is 2.18. The molecule has 10 atom stereocenters. The van der Waals surface area contributed by atoms with E-state index in [9.17, 15) is 35.1 Å². The third-order valence-corrected chi connectivity index (χ3v) is 11.4. The summed E-state index contributed by atoms with van der Waals surface area (Å²) in [4.78, 5) is 25.6. The first-order chi connectivity index (χ1) is 16.9. The van der Waals surface area contributed by atoms with Crippen LogP contribution in [0, 0.1) is 28.6 Å². The van der Waals surface area contributed by atoms with Crippen LogP contribution in [0.1, 0.15) is 92.4 Å². The summed E-state index contributed by atoms with van der Waals surface area (Å²) < 4.78 is 5.39. The lowest BCUT2D eigenvalue weighted by atomic mass is 9.44. The minimum atomic E-state index is -1.49. The van der Waals surface area contributed by atoms with E-state index in [1.165, 1.54) is 0 Å². The van der Waals surface area contributed by atoms with E-state index in [1.807, 2.05) is 13.8 Å². The van der Waals surface area contributed by atoms with Crippen LogP contribution in [-0.2, 0) is 14.3 Å². The van der Waals surface area contributed by atoms with E-state index in [1.54, 1.807) is 26.8 Å². The first-order valence-corrected chi connectivity index (χ1v) is 13.9. The minimum Gasteiger partial charge on any atom is -0.459 e. The lowest BCUT2D eigenvalue weighted by Gasteiger charge is -2.61. The zero-order valence-electron chi connectivity index (χ0n) is 22.8. The van der Waals surface area contributed by atoms with Crippen LogP contribution in [0.15, 0.2) is 11.6 Å². The number of hydrogen-bond acceptors (Lipinski definition) is 8. The van der Waals surface area contributed by atoms with E-state index in [0.29, 0.717) is 37.7 Å². The maximum atomic E-state index is 13.5. The molecule has 0 aromatic carbocycles. The predicted molar refractivity (Wildman–Crippen MR) is 134 cm³/mol. The Bertz CT molecular complexity index is 1030. The first kappa shape index (κ1) is 27.3. The number of rotatable bonds is 5. The molecule has 4 aliphatic carbocycles. The molecule has 8 heteroatoms. The Hall–Kier alpha value is -1.32. The third kappa shape index (κ3) is 3.80. The number of aliphatic hydroxyl groups is 5. The van der Waals surface area contributed by atoms with E-state index >= 15 is 0 Å². The number of carbonyl (C=O) groups excluding carboxylic acids is 2. The molecule has 3 saturated carbocycles. The van der Waals surface area contributed by atoms with Gasteiger partial charge in [0.15, 0.2) is 5.78 Å². The standard InChI is InChI=1S/C29H44O8/c1-24(2,33)9-8-21(31)27(5,34)20-7-11-29(36)17-12-19(30)18-13-22-28(35,14-23(32)37-22)15-25(18,3)16(17)6-10-26(20,29)4/h12,16,18,20-22,31,33-36H,6-11,13-15H2,1-5H3/t16?,18-,20-,21+,22+,25+,26+,27+,28+,29+/m0/s1. The lowest BCUT2D eigenvalue weighted by Crippen LogP contribution is -2.64. The Morgan fingerprint density at radius 3 is 2.41 bits per heavy atom. The number of fused-ring (bicyclic) bond motifs is 6. The highest BCUT2D eigenvalue weighted by atomic mass is 16.6. The number of allylic oxidation sites excluding steroid dienone is 1. The molecule has 4 fully saturated rings. The van der Waals surface area contributed by atoms with E-state index in [-0.39, 0.29) is 37.4 Å². The van der Waals surface area contributed by atoms with Gasteiger partial charge in [0.1, 0.15) is 11.7 Å². The molecule has 0 aromatic heterocycles. The summed E-state index contributed by atoms with van der Waals surface area (Å²) in [6.07, 6.45) is 3.02. The van der Waals surface area contributed by atoms with Gasteiger partial charge in [-0.1, -0.05) is 13.8 Å². The fourth-order valence-corrected chi connectivity index (χ4v) is 9.29. The van der Waals surface area contributed by atoms with Crippen molar-refractivity contribution in [2.24, 2.45) is 28.6 Å². The van der Waals surface area contributed by atoms with Crippen LogP contribution in [0.5, 0.6) is 0 Å². The van der Waals surface area contributed by atoms with Gasteiger partial charge in [-0.3, -0.25) is 9.59 Å². The molecule has 0 spiro atoms. The van der Waals surface area contributed by atoms with E-state index < -0.39 is 63.2 Å². The van der Waals surface area contributed by atoms with Crippen LogP contribution in [0.2, 0.25) is 0 Å². The molecule has 5 rings (SSSR count). The van der Waals surface area contributed by atoms with Gasteiger partial charge >= 0.3 is 5.97 Å². The van der Waals surface area contributed by atoms with Gasteiger partial charge in [-0.05, 0) is 101 Å². The molecule has 0 bridgehead atoms. The molecule has 0 radical (unpaired) electrons. The van der Waals surface area contributed by atoms with Crippen molar-refractivity contribution in [3.05, 3.63) is 11.6 Å². The number of aliphatic hydroxyl groups excluding tert-OH is 1. The van der Waals surface area contributed by atoms with Crippen LogP contribution in [0.25, 0.3) is 0 Å². The van der Waals surface area contributed by atoms with Crippen LogP contribution in [0.4, 0.5) is 0 Å². The molecular weight excluding hydrogens is 476 g/mol. The summed E-state index contributed by atoms with van der Waals surface area (Å²) in [7, 11) is 0. The van der Waals surface area contributed by atoms with Gasteiger partial charge in [0.25, 0.3) is 0 Å². The van der Waals surface area contributed by atoms with Crippen molar-refractivity contribution in [2.75, 3.05) is 0 Å². The number of ether oxygens (including phenoxy) is 1. The second kappa shape index (κ2) is 8.10. The van der Waals surface area contributed by atoms with Crippen LogP contribution >= 0.6 is 0 Å². The molecule has 8 nitrogen and oxygen atoms in total. The smallest absolute Gasteiger partial charge is 0.309 e. The molecule has 0 amide bonds. The number of carbonyl (C=O) groups is 2. The highest BCUT2D eigenvalue weighted by molar-refractivity contribution is 5.95.